The van der Waals surface area contributed by atoms with Crippen molar-refractivity contribution in [2.24, 2.45) is 0 Å². The second kappa shape index (κ2) is 7.31. The third-order valence-electron chi connectivity index (χ3n) is 5.13. The standard InChI is InChI=1S/C24H20F2O2/c1-4-15-11-18(13-20(25)22(15)27)24(3,17-9-7-6-8-10-17)19-12-16(5-2)23(28)21(26)14-19/h4-14,27-28H,1-2H2,3H3. The summed E-state index contributed by atoms with van der Waals surface area (Å²) in [5.74, 6) is -2.56. The average molecular weight is 378 g/mol. The highest BCUT2D eigenvalue weighted by atomic mass is 19.1. The SMILES string of the molecule is C=Cc1cc(C(C)(c2ccccc2)c2cc(F)c(O)c(C=C)c2)cc(F)c1O. The summed E-state index contributed by atoms with van der Waals surface area (Å²) < 4.78 is 28.9. The van der Waals surface area contributed by atoms with E-state index in [2.05, 4.69) is 13.2 Å². The molecule has 0 amide bonds. The Hall–Kier alpha value is -3.40. The fourth-order valence-corrected chi connectivity index (χ4v) is 3.40. The van der Waals surface area contributed by atoms with E-state index in [1.54, 1.807) is 12.1 Å². The molecule has 0 radical (unpaired) electrons. The maximum absolute atomic E-state index is 14.4. The third-order valence-corrected chi connectivity index (χ3v) is 5.13. The fourth-order valence-electron chi connectivity index (χ4n) is 3.40. The Balaban J connectivity index is 2.39. The molecule has 0 spiro atoms. The number of rotatable bonds is 5. The molecule has 3 rings (SSSR count). The molecule has 0 heterocycles. The van der Waals surface area contributed by atoms with E-state index in [1.165, 1.54) is 24.3 Å². The molecule has 0 unspecified atom stereocenters. The minimum absolute atomic E-state index is 0.236. The second-order valence-electron chi connectivity index (χ2n) is 6.69. The van der Waals surface area contributed by atoms with Gasteiger partial charge in [0.15, 0.2) is 23.1 Å². The molecule has 142 valence electrons. The van der Waals surface area contributed by atoms with Crippen LogP contribution >= 0.6 is 0 Å². The lowest BCUT2D eigenvalue weighted by molar-refractivity contribution is 0.428. The molecule has 0 aliphatic carbocycles. The van der Waals surface area contributed by atoms with Crippen molar-refractivity contribution in [3.05, 3.63) is 107 Å². The molecule has 28 heavy (non-hydrogen) atoms. The summed E-state index contributed by atoms with van der Waals surface area (Å²) in [7, 11) is 0. The van der Waals surface area contributed by atoms with E-state index in [4.69, 9.17) is 0 Å². The van der Waals surface area contributed by atoms with Gasteiger partial charge in [-0.3, -0.25) is 0 Å². The molecule has 0 fully saturated rings. The fraction of sp³-hybridized carbons (Fsp3) is 0.0833. The van der Waals surface area contributed by atoms with Crippen molar-refractivity contribution in [2.75, 3.05) is 0 Å². The van der Waals surface area contributed by atoms with Crippen LogP contribution in [-0.4, -0.2) is 10.2 Å². The van der Waals surface area contributed by atoms with Crippen molar-refractivity contribution in [1.82, 2.24) is 0 Å². The van der Waals surface area contributed by atoms with Gasteiger partial charge in [-0.25, -0.2) is 8.78 Å². The van der Waals surface area contributed by atoms with E-state index in [1.807, 2.05) is 37.3 Å². The molecule has 0 saturated heterocycles. The van der Waals surface area contributed by atoms with Crippen molar-refractivity contribution in [3.63, 3.8) is 0 Å². The Morgan fingerprint density at radius 1 is 0.750 bits per heavy atom. The lowest BCUT2D eigenvalue weighted by Gasteiger charge is -2.33. The van der Waals surface area contributed by atoms with Crippen LogP contribution in [0.3, 0.4) is 0 Å². The van der Waals surface area contributed by atoms with Crippen LogP contribution in [0.15, 0.2) is 67.8 Å². The smallest absolute Gasteiger partial charge is 0.165 e. The molecule has 2 nitrogen and oxygen atoms in total. The van der Waals surface area contributed by atoms with Crippen LogP contribution < -0.4 is 0 Å². The van der Waals surface area contributed by atoms with Crippen molar-refractivity contribution in [2.45, 2.75) is 12.3 Å². The van der Waals surface area contributed by atoms with Gasteiger partial charge >= 0.3 is 0 Å². The molecule has 0 aromatic heterocycles. The molecular weight excluding hydrogens is 358 g/mol. The Morgan fingerprint density at radius 2 is 1.18 bits per heavy atom. The summed E-state index contributed by atoms with van der Waals surface area (Å²) >= 11 is 0. The van der Waals surface area contributed by atoms with E-state index in [0.717, 1.165) is 5.56 Å². The van der Waals surface area contributed by atoms with Crippen molar-refractivity contribution in [3.8, 4) is 11.5 Å². The third kappa shape index (κ3) is 3.07. The molecule has 2 N–H and O–H groups in total. The van der Waals surface area contributed by atoms with Crippen molar-refractivity contribution in [1.29, 1.82) is 0 Å². The first-order chi connectivity index (χ1) is 13.3. The molecule has 0 aliphatic rings. The number of hydrogen-bond donors (Lipinski definition) is 2. The summed E-state index contributed by atoms with van der Waals surface area (Å²) in [6.45, 7) is 9.08. The van der Waals surface area contributed by atoms with Crippen LogP contribution in [0.1, 0.15) is 34.7 Å². The highest BCUT2D eigenvalue weighted by molar-refractivity contribution is 5.63. The number of phenols is 2. The first-order valence-electron chi connectivity index (χ1n) is 8.69. The lowest BCUT2D eigenvalue weighted by atomic mass is 9.70. The summed E-state index contributed by atoms with van der Waals surface area (Å²) in [6, 6.07) is 14.9. The Morgan fingerprint density at radius 3 is 1.57 bits per heavy atom. The predicted octanol–water partition coefficient (Wildman–Crippen LogP) is 6.02. The van der Waals surface area contributed by atoms with E-state index >= 15 is 0 Å². The topological polar surface area (TPSA) is 40.5 Å². The van der Waals surface area contributed by atoms with Crippen LogP contribution in [0.25, 0.3) is 12.2 Å². The normalized spacial score (nSPS) is 11.2. The van der Waals surface area contributed by atoms with Gasteiger partial charge < -0.3 is 10.2 Å². The molecule has 0 bridgehead atoms. The second-order valence-corrected chi connectivity index (χ2v) is 6.69. The molecular formula is C24H20F2O2. The van der Waals surface area contributed by atoms with Gasteiger partial charge in [-0.2, -0.15) is 0 Å². The van der Waals surface area contributed by atoms with Gasteiger partial charge in [0, 0.05) is 16.5 Å². The Labute approximate surface area is 162 Å². The van der Waals surface area contributed by atoms with Gasteiger partial charge in [0.25, 0.3) is 0 Å². The van der Waals surface area contributed by atoms with Crippen LogP contribution in [-0.2, 0) is 5.41 Å². The maximum atomic E-state index is 14.4. The quantitative estimate of drug-likeness (QED) is 0.533. The largest absolute Gasteiger partial charge is 0.504 e. The number of hydrogen-bond acceptors (Lipinski definition) is 2. The van der Waals surface area contributed by atoms with Crippen molar-refractivity contribution >= 4 is 12.2 Å². The molecule has 0 aliphatic heterocycles. The molecule has 3 aromatic carbocycles. The highest BCUT2D eigenvalue weighted by Gasteiger charge is 2.33. The minimum Gasteiger partial charge on any atom is -0.504 e. The average Bonchev–Trinajstić information content (AvgIpc) is 2.71. The molecule has 4 heteroatoms. The van der Waals surface area contributed by atoms with E-state index < -0.39 is 28.5 Å². The maximum Gasteiger partial charge on any atom is 0.165 e. The number of benzene rings is 3. The van der Waals surface area contributed by atoms with E-state index in [0.29, 0.717) is 11.1 Å². The predicted molar refractivity (Wildman–Crippen MR) is 108 cm³/mol. The summed E-state index contributed by atoms with van der Waals surface area (Å²) in [4.78, 5) is 0. The van der Waals surface area contributed by atoms with Gasteiger partial charge in [-0.05, 0) is 47.9 Å². The van der Waals surface area contributed by atoms with E-state index in [9.17, 15) is 19.0 Å². The number of aromatic hydroxyl groups is 2. The molecule has 3 aromatic rings. The van der Waals surface area contributed by atoms with Crippen molar-refractivity contribution < 1.29 is 19.0 Å². The number of phenolic OH excluding ortho intramolecular Hbond substituents is 2. The Bertz CT molecular complexity index is 992. The highest BCUT2D eigenvalue weighted by Crippen LogP contribution is 2.43. The van der Waals surface area contributed by atoms with Gasteiger partial charge in [-0.15, -0.1) is 0 Å². The van der Waals surface area contributed by atoms with Gasteiger partial charge in [-0.1, -0.05) is 55.6 Å². The zero-order valence-electron chi connectivity index (χ0n) is 15.4. The monoisotopic (exact) mass is 378 g/mol. The van der Waals surface area contributed by atoms with Gasteiger partial charge in [0.05, 0.1) is 0 Å². The van der Waals surface area contributed by atoms with Crippen LogP contribution in [0, 0.1) is 11.6 Å². The van der Waals surface area contributed by atoms with Gasteiger partial charge in [0.2, 0.25) is 0 Å². The first-order valence-corrected chi connectivity index (χ1v) is 8.69. The summed E-state index contributed by atoms with van der Waals surface area (Å²) in [5, 5.41) is 19.9. The minimum atomic E-state index is -0.972. The number of halogens is 2. The zero-order valence-corrected chi connectivity index (χ0v) is 15.4. The first kappa shape index (κ1) is 19.4. The van der Waals surface area contributed by atoms with Crippen LogP contribution in [0.2, 0.25) is 0 Å². The van der Waals surface area contributed by atoms with E-state index in [-0.39, 0.29) is 11.1 Å². The zero-order chi connectivity index (χ0) is 20.5. The Kier molecular flexibility index (Phi) is 5.06. The van der Waals surface area contributed by atoms with Crippen LogP contribution in [0.4, 0.5) is 8.78 Å². The summed E-state index contributed by atoms with van der Waals surface area (Å²) in [6.07, 6.45) is 2.72. The van der Waals surface area contributed by atoms with Crippen LogP contribution in [0.5, 0.6) is 11.5 Å². The molecule has 0 saturated carbocycles. The van der Waals surface area contributed by atoms with Gasteiger partial charge in [0.1, 0.15) is 0 Å². The lowest BCUT2D eigenvalue weighted by Crippen LogP contribution is -2.26. The molecule has 0 atom stereocenters. The summed E-state index contributed by atoms with van der Waals surface area (Å²) in [5.41, 5.74) is 1.30.